The normalized spacial score (nSPS) is 29.4. The number of hydrogen-bond acceptors (Lipinski definition) is 4. The van der Waals surface area contributed by atoms with Crippen molar-refractivity contribution in [1.82, 2.24) is 14.8 Å². The highest BCUT2D eigenvalue weighted by Gasteiger charge is 2.57. The van der Waals surface area contributed by atoms with Gasteiger partial charge in [0.15, 0.2) is 0 Å². The van der Waals surface area contributed by atoms with Crippen LogP contribution < -0.4 is 10.9 Å². The molecular formula is C21H29N3O4. The van der Waals surface area contributed by atoms with Gasteiger partial charge in [0, 0.05) is 43.3 Å². The van der Waals surface area contributed by atoms with Gasteiger partial charge in [-0.1, -0.05) is 32.3 Å². The third kappa shape index (κ3) is 3.05. The second kappa shape index (κ2) is 7.70. The molecule has 1 aromatic rings. The van der Waals surface area contributed by atoms with Crippen molar-refractivity contribution < 1.29 is 14.7 Å². The highest BCUT2D eigenvalue weighted by atomic mass is 16.3. The van der Waals surface area contributed by atoms with Gasteiger partial charge in [-0.05, 0) is 18.9 Å². The minimum atomic E-state index is -0.539. The van der Waals surface area contributed by atoms with E-state index in [0.29, 0.717) is 18.7 Å². The summed E-state index contributed by atoms with van der Waals surface area (Å²) in [6.07, 6.45) is 5.72. The molecule has 0 unspecified atom stereocenters. The van der Waals surface area contributed by atoms with Gasteiger partial charge in [0.05, 0.1) is 18.0 Å². The molecule has 2 amide bonds. The van der Waals surface area contributed by atoms with E-state index in [1.165, 1.54) is 12.5 Å². The van der Waals surface area contributed by atoms with Crippen LogP contribution in [0, 0.1) is 11.8 Å². The van der Waals surface area contributed by atoms with Gasteiger partial charge < -0.3 is 19.9 Å². The van der Waals surface area contributed by atoms with Gasteiger partial charge in [0.2, 0.25) is 11.8 Å². The Morgan fingerprint density at radius 3 is 2.64 bits per heavy atom. The summed E-state index contributed by atoms with van der Waals surface area (Å²) in [5.74, 6) is -1.05. The minimum Gasteiger partial charge on any atom is -0.396 e. The molecule has 0 aromatic carbocycles. The van der Waals surface area contributed by atoms with Crippen molar-refractivity contribution >= 4 is 11.8 Å². The first-order valence-corrected chi connectivity index (χ1v) is 10.5. The van der Waals surface area contributed by atoms with E-state index in [2.05, 4.69) is 5.32 Å². The number of aliphatic hydroxyl groups excluding tert-OH is 1. The van der Waals surface area contributed by atoms with Crippen molar-refractivity contribution in [3.05, 3.63) is 34.2 Å². The zero-order chi connectivity index (χ0) is 19.8. The number of rotatable bonds is 4. The fourth-order valence-corrected chi connectivity index (χ4v) is 5.43. The maximum atomic E-state index is 13.3. The molecule has 2 aliphatic heterocycles. The first-order chi connectivity index (χ1) is 13.6. The van der Waals surface area contributed by atoms with Crippen molar-refractivity contribution in [3.63, 3.8) is 0 Å². The Labute approximate surface area is 164 Å². The monoisotopic (exact) mass is 387 g/mol. The summed E-state index contributed by atoms with van der Waals surface area (Å²) >= 11 is 0. The van der Waals surface area contributed by atoms with Crippen molar-refractivity contribution in [3.8, 4) is 0 Å². The third-order valence-electron chi connectivity index (χ3n) is 6.76. The molecule has 4 rings (SSSR count). The van der Waals surface area contributed by atoms with E-state index in [-0.39, 0.29) is 42.0 Å². The molecule has 2 fully saturated rings. The molecule has 0 radical (unpaired) electrons. The first-order valence-electron chi connectivity index (χ1n) is 10.5. The zero-order valence-electron chi connectivity index (χ0n) is 16.3. The lowest BCUT2D eigenvalue weighted by Crippen LogP contribution is -2.49. The van der Waals surface area contributed by atoms with Crippen LogP contribution in [0.25, 0.3) is 0 Å². The highest BCUT2D eigenvalue weighted by Crippen LogP contribution is 2.48. The fraction of sp³-hybridized carbons (Fsp3) is 0.667. The Morgan fingerprint density at radius 2 is 1.96 bits per heavy atom. The Hall–Kier alpha value is -2.15. The van der Waals surface area contributed by atoms with E-state index in [1.807, 2.05) is 6.07 Å². The molecule has 1 saturated carbocycles. The number of carbonyl (C=O) groups excluding carboxylic acids is 2. The molecule has 3 heterocycles. The lowest BCUT2D eigenvalue weighted by atomic mass is 9.85. The minimum absolute atomic E-state index is 0.0380. The number of fused-ring (bicyclic) bond motifs is 4. The Morgan fingerprint density at radius 1 is 1.21 bits per heavy atom. The van der Waals surface area contributed by atoms with E-state index in [4.69, 9.17) is 0 Å². The van der Waals surface area contributed by atoms with Crippen LogP contribution in [0.3, 0.4) is 0 Å². The number of aliphatic hydroxyl groups is 1. The molecule has 152 valence electrons. The lowest BCUT2D eigenvalue weighted by molar-refractivity contribution is -0.136. The second-order valence-electron chi connectivity index (χ2n) is 8.28. The van der Waals surface area contributed by atoms with Gasteiger partial charge in [-0.3, -0.25) is 14.4 Å². The molecular weight excluding hydrogens is 358 g/mol. The SMILES string of the molecule is CCC(=O)N1[C@@H]2c3cccc(=O)n3C[C@H]1[C@H](CO)[C@H]2C(=O)NC1CCCCC1. The largest absolute Gasteiger partial charge is 0.396 e. The third-order valence-corrected chi connectivity index (χ3v) is 6.76. The summed E-state index contributed by atoms with van der Waals surface area (Å²) in [4.78, 5) is 40.3. The predicted molar refractivity (Wildman–Crippen MR) is 103 cm³/mol. The number of nitrogens with one attached hydrogen (secondary N) is 1. The number of hydrogen-bond donors (Lipinski definition) is 2. The molecule has 28 heavy (non-hydrogen) atoms. The second-order valence-corrected chi connectivity index (χ2v) is 8.28. The van der Waals surface area contributed by atoms with Gasteiger partial charge in [-0.25, -0.2) is 0 Å². The van der Waals surface area contributed by atoms with E-state index in [9.17, 15) is 19.5 Å². The van der Waals surface area contributed by atoms with E-state index in [1.54, 1.807) is 22.5 Å². The van der Waals surface area contributed by atoms with E-state index < -0.39 is 12.0 Å². The number of aromatic nitrogens is 1. The maximum Gasteiger partial charge on any atom is 0.250 e. The van der Waals surface area contributed by atoms with Crippen molar-refractivity contribution in [2.75, 3.05) is 6.61 Å². The van der Waals surface area contributed by atoms with Gasteiger partial charge in [-0.15, -0.1) is 0 Å². The molecule has 1 aromatic heterocycles. The number of pyridine rings is 1. The summed E-state index contributed by atoms with van der Waals surface area (Å²) in [6.45, 7) is 1.95. The van der Waals surface area contributed by atoms with Crippen LogP contribution in [0.1, 0.15) is 57.2 Å². The smallest absolute Gasteiger partial charge is 0.250 e. The maximum absolute atomic E-state index is 13.3. The molecule has 0 spiro atoms. The van der Waals surface area contributed by atoms with Crippen LogP contribution in [-0.2, 0) is 16.1 Å². The standard InChI is InChI=1S/C21H29N3O4/c1-2-17(26)24-16-11-23-15(9-6-10-18(23)27)20(24)19(14(16)12-25)21(28)22-13-7-4-3-5-8-13/h6,9-10,13-14,16,19-20,25H,2-5,7-8,11-12H2,1H3,(H,22,28)/t14-,16-,19+,20+/m0/s1. The van der Waals surface area contributed by atoms with Crippen LogP contribution in [0.15, 0.2) is 23.0 Å². The van der Waals surface area contributed by atoms with Crippen LogP contribution in [0.2, 0.25) is 0 Å². The average molecular weight is 387 g/mol. The molecule has 2 bridgehead atoms. The van der Waals surface area contributed by atoms with Crippen LogP contribution >= 0.6 is 0 Å². The Kier molecular flexibility index (Phi) is 5.27. The summed E-state index contributed by atoms with van der Waals surface area (Å²) in [7, 11) is 0. The summed E-state index contributed by atoms with van der Waals surface area (Å²) in [5.41, 5.74) is 0.575. The van der Waals surface area contributed by atoms with E-state index >= 15 is 0 Å². The molecule has 1 aliphatic carbocycles. The van der Waals surface area contributed by atoms with Crippen molar-refractivity contribution in [2.45, 2.75) is 70.1 Å². The fourth-order valence-electron chi connectivity index (χ4n) is 5.43. The number of nitrogens with zero attached hydrogens (tertiary/aromatic N) is 2. The van der Waals surface area contributed by atoms with Gasteiger partial charge in [-0.2, -0.15) is 0 Å². The van der Waals surface area contributed by atoms with Crippen molar-refractivity contribution in [2.24, 2.45) is 11.8 Å². The molecule has 4 atom stereocenters. The first kappa shape index (κ1) is 19.2. The quantitative estimate of drug-likeness (QED) is 0.812. The van der Waals surface area contributed by atoms with Crippen LogP contribution in [0.4, 0.5) is 0 Å². The van der Waals surface area contributed by atoms with Gasteiger partial charge in [0.25, 0.3) is 5.56 Å². The Balaban J connectivity index is 1.73. The van der Waals surface area contributed by atoms with Crippen LogP contribution in [0.5, 0.6) is 0 Å². The average Bonchev–Trinajstić information content (AvgIpc) is 2.95. The van der Waals surface area contributed by atoms with Crippen molar-refractivity contribution in [1.29, 1.82) is 0 Å². The lowest BCUT2D eigenvalue weighted by Gasteiger charge is -2.38. The molecule has 2 N–H and O–H groups in total. The zero-order valence-corrected chi connectivity index (χ0v) is 16.3. The molecule has 3 aliphatic rings. The highest BCUT2D eigenvalue weighted by molar-refractivity contribution is 5.84. The number of amides is 2. The van der Waals surface area contributed by atoms with Gasteiger partial charge in [0.1, 0.15) is 0 Å². The Bertz CT molecular complexity index is 814. The molecule has 7 heteroatoms. The number of carbonyl (C=O) groups is 2. The summed E-state index contributed by atoms with van der Waals surface area (Å²) in [5, 5.41) is 13.3. The summed E-state index contributed by atoms with van der Waals surface area (Å²) < 4.78 is 1.67. The molecule has 7 nitrogen and oxygen atoms in total. The van der Waals surface area contributed by atoms with Gasteiger partial charge >= 0.3 is 0 Å². The predicted octanol–water partition coefficient (Wildman–Crippen LogP) is 1.20. The molecule has 1 saturated heterocycles. The topological polar surface area (TPSA) is 91.6 Å². The van der Waals surface area contributed by atoms with E-state index in [0.717, 1.165) is 25.7 Å². The summed E-state index contributed by atoms with van der Waals surface area (Å²) in [6, 6.07) is 4.35. The van der Waals surface area contributed by atoms with Crippen LogP contribution in [-0.4, -0.2) is 45.1 Å².